The van der Waals surface area contributed by atoms with Gasteiger partial charge in [0.05, 0.1) is 0 Å². The van der Waals surface area contributed by atoms with Gasteiger partial charge in [-0.3, -0.25) is 0 Å². The number of para-hydroxylation sites is 2. The number of hydrogen-bond donors (Lipinski definition) is 0. The molecule has 0 aliphatic carbocycles. The highest BCUT2D eigenvalue weighted by atomic mass is 16.6. The lowest BCUT2D eigenvalue weighted by molar-refractivity contribution is -0.0345. The fourth-order valence-electron chi connectivity index (χ4n) is 1.27. The zero-order valence-electron chi connectivity index (χ0n) is 7.40. The number of benzene rings is 1. The molecule has 0 aromatic heterocycles. The molecule has 1 heterocycles. The van der Waals surface area contributed by atoms with Gasteiger partial charge in [-0.2, -0.15) is 0 Å². The van der Waals surface area contributed by atoms with Crippen LogP contribution in [-0.2, 0) is 5.11 Å². The van der Waals surface area contributed by atoms with Gasteiger partial charge in [0.25, 0.3) is 0 Å². The maximum atomic E-state index is 11.1. The van der Waals surface area contributed by atoms with Crippen LogP contribution < -0.4 is 9.47 Å². The van der Waals surface area contributed by atoms with Gasteiger partial charge < -0.3 is 9.47 Å². The molecule has 0 saturated carbocycles. The molecule has 1 aliphatic heterocycles. The van der Waals surface area contributed by atoms with Crippen LogP contribution in [0.5, 0.6) is 11.5 Å². The van der Waals surface area contributed by atoms with E-state index >= 15 is 0 Å². The van der Waals surface area contributed by atoms with Gasteiger partial charge in [-0.25, -0.2) is 5.11 Å². The smallest absolute Gasteiger partial charge is 0.162 e. The van der Waals surface area contributed by atoms with E-state index in [2.05, 4.69) is 0 Å². The van der Waals surface area contributed by atoms with Gasteiger partial charge in [0.2, 0.25) is 0 Å². The van der Waals surface area contributed by atoms with Crippen molar-refractivity contribution < 1.29 is 14.6 Å². The van der Waals surface area contributed by atoms with Crippen molar-refractivity contribution in [1.29, 1.82) is 0 Å². The fraction of sp³-hybridized carbons (Fsp3) is 0.400. The molecule has 69 valence electrons. The summed E-state index contributed by atoms with van der Waals surface area (Å²) in [5, 5.41) is 11.1. The standard InChI is InChI=1S/C10H11O3/c1-7(11)10-6-12-8-4-2-3-5-9(8)13-10/h2-5,7,10H,6H2,1H3. The summed E-state index contributed by atoms with van der Waals surface area (Å²) in [6.45, 7) is 1.93. The third kappa shape index (κ3) is 1.60. The van der Waals surface area contributed by atoms with Crippen molar-refractivity contribution in [3.63, 3.8) is 0 Å². The van der Waals surface area contributed by atoms with Crippen LogP contribution >= 0.6 is 0 Å². The second-order valence-corrected chi connectivity index (χ2v) is 3.12. The monoisotopic (exact) mass is 179 g/mol. The topological polar surface area (TPSA) is 38.4 Å². The predicted octanol–water partition coefficient (Wildman–Crippen LogP) is 1.65. The Balaban J connectivity index is 2.20. The highest BCUT2D eigenvalue weighted by Gasteiger charge is 2.25. The number of rotatable bonds is 1. The van der Waals surface area contributed by atoms with E-state index < -0.39 is 6.10 Å². The summed E-state index contributed by atoms with van der Waals surface area (Å²) in [6, 6.07) is 7.38. The molecular weight excluding hydrogens is 168 g/mol. The van der Waals surface area contributed by atoms with Crippen LogP contribution in [0.2, 0.25) is 0 Å². The Morgan fingerprint density at radius 3 is 2.77 bits per heavy atom. The lowest BCUT2D eigenvalue weighted by atomic mass is 10.2. The Morgan fingerprint density at radius 2 is 2.08 bits per heavy atom. The first-order valence-corrected chi connectivity index (χ1v) is 4.31. The van der Waals surface area contributed by atoms with E-state index in [0.717, 1.165) is 5.75 Å². The molecule has 3 nitrogen and oxygen atoms in total. The van der Waals surface area contributed by atoms with Crippen molar-refractivity contribution >= 4 is 0 Å². The molecule has 0 saturated heterocycles. The van der Waals surface area contributed by atoms with Gasteiger partial charge >= 0.3 is 0 Å². The van der Waals surface area contributed by atoms with Crippen molar-refractivity contribution in [2.24, 2.45) is 0 Å². The molecule has 1 aliphatic rings. The molecular formula is C10H11O3. The molecule has 0 amide bonds. The van der Waals surface area contributed by atoms with Gasteiger partial charge in [0.15, 0.2) is 17.6 Å². The number of hydrogen-bond acceptors (Lipinski definition) is 2. The van der Waals surface area contributed by atoms with E-state index in [9.17, 15) is 5.11 Å². The molecule has 2 atom stereocenters. The van der Waals surface area contributed by atoms with E-state index in [-0.39, 0.29) is 6.10 Å². The minimum Gasteiger partial charge on any atom is -0.486 e. The normalized spacial score (nSPS) is 22.5. The first-order valence-electron chi connectivity index (χ1n) is 4.31. The molecule has 1 aromatic carbocycles. The average molecular weight is 179 g/mol. The highest BCUT2D eigenvalue weighted by molar-refractivity contribution is 5.40. The van der Waals surface area contributed by atoms with E-state index in [4.69, 9.17) is 9.47 Å². The van der Waals surface area contributed by atoms with Crippen molar-refractivity contribution in [3.05, 3.63) is 24.3 Å². The molecule has 2 unspecified atom stereocenters. The fourth-order valence-corrected chi connectivity index (χ4v) is 1.27. The molecule has 0 spiro atoms. The van der Waals surface area contributed by atoms with Crippen LogP contribution in [0.15, 0.2) is 24.3 Å². The van der Waals surface area contributed by atoms with Gasteiger partial charge in [0, 0.05) is 0 Å². The molecule has 1 aromatic rings. The summed E-state index contributed by atoms with van der Waals surface area (Å²) in [5.74, 6) is 1.39. The summed E-state index contributed by atoms with van der Waals surface area (Å²) in [5.41, 5.74) is 0. The number of fused-ring (bicyclic) bond motifs is 1. The van der Waals surface area contributed by atoms with Crippen LogP contribution in [-0.4, -0.2) is 18.8 Å². The van der Waals surface area contributed by atoms with Crippen LogP contribution in [0.3, 0.4) is 0 Å². The molecule has 0 N–H and O–H groups in total. The van der Waals surface area contributed by atoms with E-state index in [1.807, 2.05) is 24.3 Å². The maximum Gasteiger partial charge on any atom is 0.162 e. The predicted molar refractivity (Wildman–Crippen MR) is 46.5 cm³/mol. The summed E-state index contributed by atoms with van der Waals surface area (Å²) < 4.78 is 10.8. The highest BCUT2D eigenvalue weighted by Crippen LogP contribution is 2.31. The van der Waals surface area contributed by atoms with Gasteiger partial charge in [-0.1, -0.05) is 12.1 Å². The van der Waals surface area contributed by atoms with Gasteiger partial charge in [-0.15, -0.1) is 0 Å². The van der Waals surface area contributed by atoms with Crippen molar-refractivity contribution in [2.75, 3.05) is 6.61 Å². The SMILES string of the molecule is CC([O])C1COc2ccccc2O1. The van der Waals surface area contributed by atoms with Crippen LogP contribution in [0.1, 0.15) is 6.92 Å². The Labute approximate surface area is 76.9 Å². The summed E-state index contributed by atoms with van der Waals surface area (Å²) in [7, 11) is 0. The largest absolute Gasteiger partial charge is 0.486 e. The molecule has 2 rings (SSSR count). The average Bonchev–Trinajstić information content (AvgIpc) is 2.17. The zero-order valence-corrected chi connectivity index (χ0v) is 7.40. The second kappa shape index (κ2) is 3.26. The Bertz CT molecular complexity index is 296. The van der Waals surface area contributed by atoms with Crippen molar-refractivity contribution in [3.8, 4) is 11.5 Å². The molecule has 1 radical (unpaired) electrons. The summed E-state index contributed by atoms with van der Waals surface area (Å²) >= 11 is 0. The first kappa shape index (κ1) is 8.38. The van der Waals surface area contributed by atoms with E-state index in [0.29, 0.717) is 12.4 Å². The maximum absolute atomic E-state index is 11.1. The summed E-state index contributed by atoms with van der Waals surface area (Å²) in [4.78, 5) is 0. The third-order valence-corrected chi connectivity index (χ3v) is 2.05. The van der Waals surface area contributed by atoms with Gasteiger partial charge in [-0.05, 0) is 19.1 Å². The molecule has 0 fully saturated rings. The lowest BCUT2D eigenvalue weighted by Gasteiger charge is -2.27. The molecule has 0 bridgehead atoms. The first-order chi connectivity index (χ1) is 6.27. The van der Waals surface area contributed by atoms with Crippen molar-refractivity contribution in [1.82, 2.24) is 0 Å². The van der Waals surface area contributed by atoms with E-state index in [1.54, 1.807) is 6.92 Å². The lowest BCUT2D eigenvalue weighted by Crippen LogP contribution is -2.37. The van der Waals surface area contributed by atoms with Crippen molar-refractivity contribution in [2.45, 2.75) is 19.1 Å². The van der Waals surface area contributed by atoms with Gasteiger partial charge in [0.1, 0.15) is 12.7 Å². The minimum absolute atomic E-state index is 0.349. The number of ether oxygens (including phenoxy) is 2. The van der Waals surface area contributed by atoms with Crippen LogP contribution in [0, 0.1) is 0 Å². The molecule has 13 heavy (non-hydrogen) atoms. The van der Waals surface area contributed by atoms with E-state index in [1.165, 1.54) is 0 Å². The molecule has 3 heteroatoms. The Kier molecular flexibility index (Phi) is 2.10. The van der Waals surface area contributed by atoms with Crippen LogP contribution in [0.4, 0.5) is 0 Å². The summed E-state index contributed by atoms with van der Waals surface area (Å²) in [6.07, 6.45) is -1.12. The zero-order chi connectivity index (χ0) is 9.26. The minimum atomic E-state index is -0.756. The Morgan fingerprint density at radius 1 is 1.38 bits per heavy atom. The second-order valence-electron chi connectivity index (χ2n) is 3.12. The quantitative estimate of drug-likeness (QED) is 0.657. The third-order valence-electron chi connectivity index (χ3n) is 2.05. The Hall–Kier alpha value is -1.22. The van der Waals surface area contributed by atoms with Crippen LogP contribution in [0.25, 0.3) is 0 Å².